The van der Waals surface area contributed by atoms with E-state index in [0.717, 1.165) is 11.1 Å². The summed E-state index contributed by atoms with van der Waals surface area (Å²) in [5.41, 5.74) is 1.87. The van der Waals surface area contributed by atoms with E-state index in [0.29, 0.717) is 30.7 Å². The van der Waals surface area contributed by atoms with Gasteiger partial charge in [0.15, 0.2) is 5.76 Å². The van der Waals surface area contributed by atoms with E-state index in [2.05, 4.69) is 10.6 Å². The van der Waals surface area contributed by atoms with Crippen molar-refractivity contribution < 1.29 is 28.6 Å². The van der Waals surface area contributed by atoms with Crippen LogP contribution in [0.5, 0.6) is 0 Å². The minimum atomic E-state index is -0.776. The molecule has 1 aromatic rings. The van der Waals surface area contributed by atoms with Gasteiger partial charge in [0.25, 0.3) is 0 Å². The van der Waals surface area contributed by atoms with Crippen molar-refractivity contribution in [3.63, 3.8) is 0 Å². The summed E-state index contributed by atoms with van der Waals surface area (Å²) in [6, 6.07) is 8.72. The Morgan fingerprint density at radius 1 is 1.12 bits per heavy atom. The molecule has 0 fully saturated rings. The lowest BCUT2D eigenvalue weighted by Crippen LogP contribution is -2.46. The van der Waals surface area contributed by atoms with Crippen molar-refractivity contribution in [1.82, 2.24) is 10.6 Å². The van der Waals surface area contributed by atoms with Crippen LogP contribution in [0.1, 0.15) is 45.6 Å². The second kappa shape index (κ2) is 19.3. The molecular weight excluding hydrogens is 568 g/mol. The minimum Gasteiger partial charge on any atom is -0.490 e. The number of carbonyl (C=O) groups is 3. The summed E-state index contributed by atoms with van der Waals surface area (Å²) < 4.78 is 15.9. The van der Waals surface area contributed by atoms with E-state index in [-0.39, 0.29) is 29.8 Å². The molecule has 0 aliphatic carbocycles. The number of nitrogens with one attached hydrogen (secondary N) is 2. The summed E-state index contributed by atoms with van der Waals surface area (Å²) in [5, 5.41) is 6.27. The third kappa shape index (κ3) is 13.8. The standard InChI is InChI=1S/C34H43ClN2O6/c1-24(22-25(2)30-19-20-31(42-5)34(40)43-30)12-9-10-16-32(38)37-29(23-27-13-7-6-8-14-27)33(39)36-21-11-15-28(41-4)18-17-26(3)35/h6-14,16-17,20-22,25,28-30H,15,18-19,23H2,1-5H3,(H,36,39)(H,37,38)/b12-9-,16-10-,21-11-,24-22+,26-17+/t25-,28+,29-,30-/m0/s1. The van der Waals surface area contributed by atoms with E-state index in [1.807, 2.05) is 75.4 Å². The molecule has 0 radical (unpaired) electrons. The maximum atomic E-state index is 13.0. The fraction of sp³-hybridized carbons (Fsp3) is 0.382. The van der Waals surface area contributed by atoms with Gasteiger partial charge in [-0.05, 0) is 44.5 Å². The second-order valence-corrected chi connectivity index (χ2v) is 10.8. The van der Waals surface area contributed by atoms with Gasteiger partial charge in [-0.1, -0.05) is 90.9 Å². The molecule has 1 heterocycles. The molecule has 9 heteroatoms. The van der Waals surface area contributed by atoms with Gasteiger partial charge in [0.05, 0.1) is 13.2 Å². The Morgan fingerprint density at radius 2 is 1.84 bits per heavy atom. The first-order valence-electron chi connectivity index (χ1n) is 14.3. The lowest BCUT2D eigenvalue weighted by atomic mass is 9.97. The predicted octanol–water partition coefficient (Wildman–Crippen LogP) is 5.82. The van der Waals surface area contributed by atoms with Crippen LogP contribution in [0.3, 0.4) is 0 Å². The van der Waals surface area contributed by atoms with Gasteiger partial charge in [-0.25, -0.2) is 4.79 Å². The molecule has 0 saturated carbocycles. The van der Waals surface area contributed by atoms with Crippen LogP contribution in [-0.2, 0) is 35.0 Å². The molecule has 1 aliphatic rings. The van der Waals surface area contributed by atoms with Gasteiger partial charge in [-0.2, -0.15) is 0 Å². The molecule has 2 N–H and O–H groups in total. The number of ether oxygens (including phenoxy) is 3. The SMILES string of the molecule is COC1=CC[C@@H]([C@@H](C)/C=C(C)/C=C\C=C/C(=O)N[C@@H](Cc2ccccc2)C(=O)N/C=C\C[C@H](C/C=C(\C)Cl)OC)OC1=O. The quantitative estimate of drug-likeness (QED) is 0.139. The van der Waals surface area contributed by atoms with Crippen molar-refractivity contribution in [3.05, 3.63) is 107 Å². The van der Waals surface area contributed by atoms with E-state index in [1.165, 1.54) is 13.2 Å². The third-order valence-electron chi connectivity index (χ3n) is 6.70. The summed E-state index contributed by atoms with van der Waals surface area (Å²) in [4.78, 5) is 37.6. The third-order valence-corrected chi connectivity index (χ3v) is 6.85. The zero-order valence-electron chi connectivity index (χ0n) is 25.5. The number of allylic oxidation sites excluding steroid dienone is 5. The van der Waals surface area contributed by atoms with E-state index < -0.39 is 17.9 Å². The van der Waals surface area contributed by atoms with Crippen molar-refractivity contribution in [3.8, 4) is 0 Å². The number of hydrogen-bond donors (Lipinski definition) is 2. The van der Waals surface area contributed by atoms with Gasteiger partial charge in [0, 0.05) is 37.0 Å². The number of esters is 1. The normalized spacial score (nSPS) is 18.3. The predicted molar refractivity (Wildman–Crippen MR) is 170 cm³/mol. The van der Waals surface area contributed by atoms with E-state index >= 15 is 0 Å². The first-order chi connectivity index (χ1) is 20.6. The Morgan fingerprint density at radius 3 is 2.49 bits per heavy atom. The van der Waals surface area contributed by atoms with Gasteiger partial charge >= 0.3 is 5.97 Å². The van der Waals surface area contributed by atoms with Crippen LogP contribution in [0, 0.1) is 5.92 Å². The summed E-state index contributed by atoms with van der Waals surface area (Å²) in [7, 11) is 3.07. The fourth-order valence-electron chi connectivity index (χ4n) is 4.29. The van der Waals surface area contributed by atoms with Crippen LogP contribution in [0.4, 0.5) is 0 Å². The van der Waals surface area contributed by atoms with Crippen molar-refractivity contribution in [2.24, 2.45) is 5.92 Å². The number of halogens is 1. The van der Waals surface area contributed by atoms with Crippen molar-refractivity contribution in [1.29, 1.82) is 0 Å². The number of rotatable bonds is 16. The molecule has 0 bridgehead atoms. The monoisotopic (exact) mass is 610 g/mol. The first kappa shape index (κ1) is 35.3. The van der Waals surface area contributed by atoms with E-state index in [4.69, 9.17) is 25.8 Å². The molecule has 8 nitrogen and oxygen atoms in total. The molecule has 2 amide bonds. The number of amides is 2. The van der Waals surface area contributed by atoms with Crippen LogP contribution in [0.2, 0.25) is 0 Å². The smallest absolute Gasteiger partial charge is 0.373 e. The second-order valence-electron chi connectivity index (χ2n) is 10.2. The molecule has 0 aromatic heterocycles. The Kier molecular flexibility index (Phi) is 15.9. The fourth-order valence-corrected chi connectivity index (χ4v) is 4.38. The molecule has 2 rings (SSSR count). The molecule has 1 aromatic carbocycles. The molecule has 1 aliphatic heterocycles. The topological polar surface area (TPSA) is 103 Å². The first-order valence-corrected chi connectivity index (χ1v) is 14.6. The van der Waals surface area contributed by atoms with Crippen LogP contribution in [-0.4, -0.2) is 50.3 Å². The van der Waals surface area contributed by atoms with Crippen LogP contribution in [0.15, 0.2) is 102 Å². The zero-order valence-corrected chi connectivity index (χ0v) is 26.3. The lowest BCUT2D eigenvalue weighted by Gasteiger charge is -2.25. The largest absolute Gasteiger partial charge is 0.490 e. The number of benzene rings is 1. The van der Waals surface area contributed by atoms with Crippen molar-refractivity contribution in [2.75, 3.05) is 14.2 Å². The highest BCUT2D eigenvalue weighted by Gasteiger charge is 2.27. The summed E-state index contributed by atoms with van der Waals surface area (Å²) >= 11 is 5.90. The highest BCUT2D eigenvalue weighted by atomic mass is 35.5. The molecule has 0 spiro atoms. The maximum Gasteiger partial charge on any atom is 0.373 e. The average molecular weight is 611 g/mol. The maximum absolute atomic E-state index is 13.0. The van der Waals surface area contributed by atoms with Crippen LogP contribution >= 0.6 is 11.6 Å². The van der Waals surface area contributed by atoms with Crippen LogP contribution < -0.4 is 10.6 Å². The molecule has 4 atom stereocenters. The van der Waals surface area contributed by atoms with Crippen LogP contribution in [0.25, 0.3) is 0 Å². The van der Waals surface area contributed by atoms with Gasteiger partial charge in [0.1, 0.15) is 12.1 Å². The number of cyclic esters (lactones) is 1. The highest BCUT2D eigenvalue weighted by molar-refractivity contribution is 6.29. The molecule has 43 heavy (non-hydrogen) atoms. The summed E-state index contributed by atoms with van der Waals surface area (Å²) in [6.07, 6.45) is 17.5. The summed E-state index contributed by atoms with van der Waals surface area (Å²) in [6.45, 7) is 5.72. The molecule has 0 unspecified atom stereocenters. The summed E-state index contributed by atoms with van der Waals surface area (Å²) in [5.74, 6) is -0.950. The Bertz CT molecular complexity index is 1240. The lowest BCUT2D eigenvalue weighted by molar-refractivity contribution is -0.151. The highest BCUT2D eigenvalue weighted by Crippen LogP contribution is 2.22. The Hall–Kier alpha value is -3.88. The molecule has 232 valence electrons. The van der Waals surface area contributed by atoms with Crippen molar-refractivity contribution in [2.45, 2.75) is 64.7 Å². The Labute approximate surface area is 260 Å². The van der Waals surface area contributed by atoms with Crippen molar-refractivity contribution >= 4 is 29.4 Å². The van der Waals surface area contributed by atoms with Gasteiger partial charge in [-0.15, -0.1) is 0 Å². The zero-order chi connectivity index (χ0) is 31.6. The Balaban J connectivity index is 1.95. The van der Waals surface area contributed by atoms with Gasteiger partial charge < -0.3 is 24.8 Å². The number of carbonyl (C=O) groups excluding carboxylic acids is 3. The number of methoxy groups -OCH3 is 2. The average Bonchev–Trinajstić information content (AvgIpc) is 2.98. The van der Waals surface area contributed by atoms with Gasteiger partial charge in [0.2, 0.25) is 11.8 Å². The minimum absolute atomic E-state index is 0.00565. The van der Waals surface area contributed by atoms with Gasteiger partial charge in [-0.3, -0.25) is 9.59 Å². The van der Waals surface area contributed by atoms with E-state index in [1.54, 1.807) is 31.5 Å². The molecular formula is C34H43ClN2O6. The number of hydrogen-bond acceptors (Lipinski definition) is 6. The molecule has 0 saturated heterocycles. The van der Waals surface area contributed by atoms with E-state index in [9.17, 15) is 14.4 Å².